The molecule has 0 saturated heterocycles. The van der Waals surface area contributed by atoms with Crippen molar-refractivity contribution < 1.29 is 14.7 Å². The molecule has 0 radical (unpaired) electrons. The third-order valence-corrected chi connectivity index (χ3v) is 3.16. The Hall–Kier alpha value is -2.32. The molecule has 1 aromatic rings. The van der Waals surface area contributed by atoms with Gasteiger partial charge in [-0.3, -0.25) is 9.59 Å². The van der Waals surface area contributed by atoms with Gasteiger partial charge in [0, 0.05) is 17.7 Å². The number of aliphatic hydroxyl groups is 1. The van der Waals surface area contributed by atoms with E-state index in [1.807, 2.05) is 6.92 Å². The second-order valence-corrected chi connectivity index (χ2v) is 5.42. The van der Waals surface area contributed by atoms with Crippen molar-refractivity contribution in [2.45, 2.75) is 20.8 Å². The van der Waals surface area contributed by atoms with E-state index in [0.717, 1.165) is 5.56 Å². The first-order chi connectivity index (χ1) is 9.77. The Kier molecular flexibility index (Phi) is 5.51. The van der Waals surface area contributed by atoms with Crippen LogP contribution in [0.2, 0.25) is 0 Å². The Morgan fingerprint density at radius 1 is 1.38 bits per heavy atom. The molecule has 0 aliphatic rings. The summed E-state index contributed by atoms with van der Waals surface area (Å²) in [6, 6.07) is 5.13. The molecule has 1 rings (SSSR count). The summed E-state index contributed by atoms with van der Waals surface area (Å²) in [5.41, 5.74) is 6.51. The van der Waals surface area contributed by atoms with Crippen LogP contribution in [0.15, 0.2) is 18.2 Å². The molecule has 0 aromatic heterocycles. The lowest BCUT2D eigenvalue weighted by Crippen LogP contribution is -2.42. The lowest BCUT2D eigenvalue weighted by Gasteiger charge is -2.20. The van der Waals surface area contributed by atoms with Gasteiger partial charge in [0.15, 0.2) is 0 Å². The molecule has 112 valence electrons. The van der Waals surface area contributed by atoms with E-state index in [1.54, 1.807) is 32.0 Å². The van der Waals surface area contributed by atoms with Gasteiger partial charge in [-0.05, 0) is 38.5 Å². The zero-order chi connectivity index (χ0) is 16.0. The number of amides is 2. The van der Waals surface area contributed by atoms with Crippen LogP contribution in [0.5, 0.6) is 0 Å². The molecule has 0 bridgehead atoms. The number of aryl methyl sites for hydroxylation is 1. The first-order valence-electron chi connectivity index (χ1n) is 6.56. The first-order valence-corrected chi connectivity index (χ1v) is 6.56. The third kappa shape index (κ3) is 4.62. The fraction of sp³-hybridized carbons (Fsp3) is 0.375. The minimum absolute atomic E-state index is 0.159. The molecule has 0 saturated carbocycles. The van der Waals surface area contributed by atoms with Crippen LogP contribution in [0, 0.1) is 24.2 Å². The molecule has 0 aliphatic heterocycles. The molecule has 0 atom stereocenters. The predicted molar refractivity (Wildman–Crippen MR) is 80.5 cm³/mol. The maximum Gasteiger partial charge on any atom is 0.251 e. The Morgan fingerprint density at radius 3 is 2.62 bits per heavy atom. The fourth-order valence-corrected chi connectivity index (χ4v) is 1.52. The second kappa shape index (κ2) is 6.91. The van der Waals surface area contributed by atoms with Gasteiger partial charge in [-0.1, -0.05) is 17.9 Å². The number of nitrogens with one attached hydrogen (secondary N) is 1. The van der Waals surface area contributed by atoms with Crippen LogP contribution in [0.1, 0.15) is 35.3 Å². The number of primary amides is 1. The number of carbonyl (C=O) groups is 2. The Labute approximate surface area is 124 Å². The second-order valence-electron chi connectivity index (χ2n) is 5.42. The van der Waals surface area contributed by atoms with Crippen molar-refractivity contribution in [1.29, 1.82) is 0 Å². The molecule has 1 aromatic carbocycles. The van der Waals surface area contributed by atoms with Crippen LogP contribution in [0.4, 0.5) is 0 Å². The standard InChI is InChI=1S/C16H20N2O3/c1-11-6-7-13(9-12(11)5-4-8-19)14(20)18-10-16(2,3)15(17)21/h6-7,9,19H,8,10H2,1-3H3,(H2,17,21)(H,18,20). The number of hydrogen-bond acceptors (Lipinski definition) is 3. The SMILES string of the molecule is Cc1ccc(C(=O)NCC(C)(C)C(N)=O)cc1C#CCO. The molecule has 4 N–H and O–H groups in total. The fourth-order valence-electron chi connectivity index (χ4n) is 1.52. The van der Waals surface area contributed by atoms with Crippen molar-refractivity contribution in [3.8, 4) is 11.8 Å². The van der Waals surface area contributed by atoms with E-state index in [4.69, 9.17) is 10.8 Å². The van der Waals surface area contributed by atoms with Crippen molar-refractivity contribution in [1.82, 2.24) is 5.32 Å². The Morgan fingerprint density at radius 2 is 2.05 bits per heavy atom. The number of benzene rings is 1. The molecule has 0 fully saturated rings. The summed E-state index contributed by atoms with van der Waals surface area (Å²) >= 11 is 0. The van der Waals surface area contributed by atoms with E-state index in [9.17, 15) is 9.59 Å². The highest BCUT2D eigenvalue weighted by Crippen LogP contribution is 2.14. The van der Waals surface area contributed by atoms with Crippen molar-refractivity contribution in [3.63, 3.8) is 0 Å². The van der Waals surface area contributed by atoms with Crippen LogP contribution < -0.4 is 11.1 Å². The molecule has 2 amide bonds. The molecular weight excluding hydrogens is 268 g/mol. The highest BCUT2D eigenvalue weighted by Gasteiger charge is 2.25. The monoisotopic (exact) mass is 288 g/mol. The van der Waals surface area contributed by atoms with Gasteiger partial charge in [0.2, 0.25) is 5.91 Å². The average Bonchev–Trinajstić information content (AvgIpc) is 2.43. The van der Waals surface area contributed by atoms with E-state index in [1.165, 1.54) is 0 Å². The molecule has 5 heteroatoms. The van der Waals surface area contributed by atoms with Crippen LogP contribution in [0.3, 0.4) is 0 Å². The van der Waals surface area contributed by atoms with Crippen molar-refractivity contribution in [2.75, 3.05) is 13.2 Å². The van der Waals surface area contributed by atoms with Gasteiger partial charge < -0.3 is 16.2 Å². The van der Waals surface area contributed by atoms with E-state index in [-0.39, 0.29) is 19.1 Å². The number of hydrogen-bond donors (Lipinski definition) is 3. The molecule has 0 aliphatic carbocycles. The van der Waals surface area contributed by atoms with Gasteiger partial charge in [-0.2, -0.15) is 0 Å². The Bertz CT molecular complexity index is 610. The maximum atomic E-state index is 12.1. The first kappa shape index (κ1) is 16.7. The zero-order valence-electron chi connectivity index (χ0n) is 12.5. The molecule has 21 heavy (non-hydrogen) atoms. The lowest BCUT2D eigenvalue weighted by atomic mass is 9.92. The van der Waals surface area contributed by atoms with E-state index in [0.29, 0.717) is 11.1 Å². The maximum absolute atomic E-state index is 12.1. The highest BCUT2D eigenvalue weighted by molar-refractivity contribution is 5.95. The average molecular weight is 288 g/mol. The van der Waals surface area contributed by atoms with E-state index < -0.39 is 11.3 Å². The van der Waals surface area contributed by atoms with E-state index in [2.05, 4.69) is 17.2 Å². The smallest absolute Gasteiger partial charge is 0.251 e. The highest BCUT2D eigenvalue weighted by atomic mass is 16.2. The number of rotatable bonds is 4. The Balaban J connectivity index is 2.86. The summed E-state index contributed by atoms with van der Waals surface area (Å²) in [5, 5.41) is 11.4. The minimum atomic E-state index is -0.806. The van der Waals surface area contributed by atoms with Crippen LogP contribution in [-0.2, 0) is 4.79 Å². The summed E-state index contributed by atoms with van der Waals surface area (Å²) < 4.78 is 0. The van der Waals surface area contributed by atoms with Crippen molar-refractivity contribution in [3.05, 3.63) is 34.9 Å². The summed E-state index contributed by atoms with van der Waals surface area (Å²) in [5.74, 6) is 4.58. The minimum Gasteiger partial charge on any atom is -0.384 e. The van der Waals surface area contributed by atoms with Crippen LogP contribution in [0.25, 0.3) is 0 Å². The van der Waals surface area contributed by atoms with Crippen LogP contribution in [-0.4, -0.2) is 30.1 Å². The largest absolute Gasteiger partial charge is 0.384 e. The summed E-state index contributed by atoms with van der Waals surface area (Å²) in [6.45, 7) is 5.14. The molecular formula is C16H20N2O3. The summed E-state index contributed by atoms with van der Waals surface area (Å²) in [4.78, 5) is 23.3. The van der Waals surface area contributed by atoms with Gasteiger partial charge in [0.05, 0.1) is 5.41 Å². The topological polar surface area (TPSA) is 92.4 Å². The van der Waals surface area contributed by atoms with Gasteiger partial charge >= 0.3 is 0 Å². The number of nitrogens with two attached hydrogens (primary N) is 1. The zero-order valence-corrected chi connectivity index (χ0v) is 12.5. The van der Waals surface area contributed by atoms with Gasteiger partial charge in [-0.25, -0.2) is 0 Å². The lowest BCUT2D eigenvalue weighted by molar-refractivity contribution is -0.125. The van der Waals surface area contributed by atoms with Gasteiger partial charge in [-0.15, -0.1) is 0 Å². The normalized spacial score (nSPS) is 10.5. The molecule has 0 spiro atoms. The van der Waals surface area contributed by atoms with Crippen molar-refractivity contribution in [2.24, 2.45) is 11.1 Å². The van der Waals surface area contributed by atoms with Gasteiger partial charge in [0.25, 0.3) is 5.91 Å². The van der Waals surface area contributed by atoms with Crippen LogP contribution >= 0.6 is 0 Å². The summed E-state index contributed by atoms with van der Waals surface area (Å²) in [6.07, 6.45) is 0. The number of carbonyl (C=O) groups excluding carboxylic acids is 2. The predicted octanol–water partition coefficient (Wildman–Crippen LogP) is 0.580. The van der Waals surface area contributed by atoms with E-state index >= 15 is 0 Å². The van der Waals surface area contributed by atoms with Gasteiger partial charge in [0.1, 0.15) is 6.61 Å². The number of aliphatic hydroxyl groups excluding tert-OH is 1. The third-order valence-electron chi connectivity index (χ3n) is 3.16. The molecule has 5 nitrogen and oxygen atoms in total. The van der Waals surface area contributed by atoms with Crippen molar-refractivity contribution >= 4 is 11.8 Å². The summed E-state index contributed by atoms with van der Waals surface area (Å²) in [7, 11) is 0. The quantitative estimate of drug-likeness (QED) is 0.708. The molecule has 0 unspecified atom stereocenters. The molecule has 0 heterocycles.